The van der Waals surface area contributed by atoms with Gasteiger partial charge in [-0.15, -0.1) is 0 Å². The first-order valence-electron chi connectivity index (χ1n) is 13.1. The largest absolute Gasteiger partial charge is 0.354 e. The minimum Gasteiger partial charge on any atom is -0.354 e. The molecule has 3 rings (SSSR count). The fraction of sp³-hybridized carbons (Fsp3) is 0.333. The van der Waals surface area contributed by atoms with Gasteiger partial charge < -0.3 is 10.2 Å². The third-order valence-electron chi connectivity index (χ3n) is 6.32. The molecule has 7 nitrogen and oxygen atoms in total. The van der Waals surface area contributed by atoms with Crippen LogP contribution in [0.2, 0.25) is 10.0 Å². The Kier molecular flexibility index (Phi) is 11.0. The summed E-state index contributed by atoms with van der Waals surface area (Å²) in [6, 6.07) is 18.9. The van der Waals surface area contributed by atoms with E-state index in [-0.39, 0.29) is 29.0 Å². The summed E-state index contributed by atoms with van der Waals surface area (Å²) in [7, 11) is -4.16. The molecule has 2 amide bonds. The maximum atomic E-state index is 14.0. The maximum Gasteiger partial charge on any atom is 0.264 e. The first-order chi connectivity index (χ1) is 18.9. The number of nitrogens with one attached hydrogen (secondary N) is 1. The molecule has 10 heteroatoms. The second kappa shape index (κ2) is 14.0. The van der Waals surface area contributed by atoms with E-state index in [1.807, 2.05) is 27.7 Å². The smallest absolute Gasteiger partial charge is 0.264 e. The third kappa shape index (κ3) is 8.22. The zero-order chi connectivity index (χ0) is 29.4. The van der Waals surface area contributed by atoms with Crippen LogP contribution in [0, 0.1) is 12.8 Å². The van der Waals surface area contributed by atoms with Crippen LogP contribution in [0.25, 0.3) is 0 Å². The lowest BCUT2D eigenvalue weighted by atomic mass is 10.1. The molecule has 0 radical (unpaired) electrons. The van der Waals surface area contributed by atoms with Crippen LogP contribution in [0.4, 0.5) is 5.69 Å². The van der Waals surface area contributed by atoms with Crippen molar-refractivity contribution in [2.75, 3.05) is 17.4 Å². The first-order valence-corrected chi connectivity index (χ1v) is 15.3. The highest BCUT2D eigenvalue weighted by atomic mass is 35.5. The number of amides is 2. The second-order valence-electron chi connectivity index (χ2n) is 10.0. The van der Waals surface area contributed by atoms with Crippen LogP contribution in [0.5, 0.6) is 0 Å². The number of hydrogen-bond donors (Lipinski definition) is 1. The van der Waals surface area contributed by atoms with Crippen molar-refractivity contribution in [2.24, 2.45) is 5.92 Å². The van der Waals surface area contributed by atoms with E-state index in [2.05, 4.69) is 5.32 Å². The molecule has 0 spiro atoms. The molecule has 0 saturated carbocycles. The molecule has 0 heterocycles. The number of anilines is 1. The van der Waals surface area contributed by atoms with E-state index < -0.39 is 28.5 Å². The molecule has 0 aromatic heterocycles. The zero-order valence-corrected chi connectivity index (χ0v) is 25.4. The molecule has 0 fully saturated rings. The molecule has 1 atom stereocenters. The lowest BCUT2D eigenvalue weighted by molar-refractivity contribution is -0.140. The Balaban J connectivity index is 2.04. The number of hydrogen-bond acceptors (Lipinski definition) is 4. The average molecular weight is 605 g/mol. The summed E-state index contributed by atoms with van der Waals surface area (Å²) in [4.78, 5) is 28.8. The highest BCUT2D eigenvalue weighted by Gasteiger charge is 2.33. The van der Waals surface area contributed by atoms with Gasteiger partial charge in [0.1, 0.15) is 12.6 Å². The summed E-state index contributed by atoms with van der Waals surface area (Å²) < 4.78 is 28.8. The number of rotatable bonds is 12. The lowest BCUT2D eigenvalue weighted by Gasteiger charge is -2.33. The van der Waals surface area contributed by atoms with E-state index in [1.165, 1.54) is 23.1 Å². The molecule has 0 unspecified atom stereocenters. The highest BCUT2D eigenvalue weighted by Crippen LogP contribution is 2.27. The van der Waals surface area contributed by atoms with Gasteiger partial charge in [-0.25, -0.2) is 8.42 Å². The van der Waals surface area contributed by atoms with Gasteiger partial charge in [-0.05, 0) is 67.3 Å². The summed E-state index contributed by atoms with van der Waals surface area (Å²) in [5.41, 5.74) is 1.89. The Morgan fingerprint density at radius 2 is 1.57 bits per heavy atom. The van der Waals surface area contributed by atoms with Gasteiger partial charge in [0, 0.05) is 23.1 Å². The molecular formula is C30H35Cl2N3O4S. The van der Waals surface area contributed by atoms with E-state index in [1.54, 1.807) is 54.6 Å². The van der Waals surface area contributed by atoms with E-state index >= 15 is 0 Å². The Labute approximate surface area is 247 Å². The molecule has 0 saturated heterocycles. The Morgan fingerprint density at radius 3 is 2.15 bits per heavy atom. The Bertz CT molecular complexity index is 1410. The fourth-order valence-electron chi connectivity index (χ4n) is 4.13. The molecule has 3 aromatic carbocycles. The normalized spacial score (nSPS) is 12.2. The molecule has 0 aliphatic carbocycles. The summed E-state index contributed by atoms with van der Waals surface area (Å²) in [5.74, 6) is -0.605. The fourth-order valence-corrected chi connectivity index (χ4v) is 5.84. The Hall–Kier alpha value is -3.07. The van der Waals surface area contributed by atoms with Crippen molar-refractivity contribution in [2.45, 2.75) is 51.6 Å². The number of nitrogens with zero attached hydrogens (tertiary/aromatic N) is 2. The van der Waals surface area contributed by atoms with Crippen LogP contribution in [-0.4, -0.2) is 44.3 Å². The minimum atomic E-state index is -4.16. The second-order valence-corrected chi connectivity index (χ2v) is 12.8. The van der Waals surface area contributed by atoms with Crippen molar-refractivity contribution in [3.63, 3.8) is 0 Å². The van der Waals surface area contributed by atoms with Crippen LogP contribution in [0.1, 0.15) is 38.3 Å². The highest BCUT2D eigenvalue weighted by molar-refractivity contribution is 7.92. The molecule has 40 heavy (non-hydrogen) atoms. The summed E-state index contributed by atoms with van der Waals surface area (Å²) in [5, 5.41) is 3.78. The van der Waals surface area contributed by atoms with Crippen LogP contribution in [0.15, 0.2) is 77.7 Å². The standard InChI is InChI=1S/C30H35Cl2N3O4S/c1-5-28(30(37)33-18-21(2)3)34(19-23-11-13-24(31)14-12-23)29(36)20-35(26-8-6-7-25(32)17-26)40(38,39)27-15-9-22(4)10-16-27/h6-17,21,28H,5,18-20H2,1-4H3,(H,33,37)/t28-/m0/s1. The summed E-state index contributed by atoms with van der Waals surface area (Å²) in [6.07, 6.45) is 0.338. The van der Waals surface area contributed by atoms with Gasteiger partial charge in [-0.1, -0.05) is 79.9 Å². The number of halogens is 2. The molecular weight excluding hydrogens is 569 g/mol. The third-order valence-corrected chi connectivity index (χ3v) is 8.60. The molecule has 3 aromatic rings. The van der Waals surface area contributed by atoms with Gasteiger partial charge in [0.05, 0.1) is 10.6 Å². The van der Waals surface area contributed by atoms with Crippen LogP contribution in [0.3, 0.4) is 0 Å². The van der Waals surface area contributed by atoms with Gasteiger partial charge in [-0.2, -0.15) is 0 Å². The predicted octanol–water partition coefficient (Wildman–Crippen LogP) is 6.08. The SMILES string of the molecule is CC[C@@H](C(=O)NCC(C)C)N(Cc1ccc(Cl)cc1)C(=O)CN(c1cccc(Cl)c1)S(=O)(=O)c1ccc(C)cc1. The van der Waals surface area contributed by atoms with Gasteiger partial charge >= 0.3 is 0 Å². The topological polar surface area (TPSA) is 86.8 Å². The van der Waals surface area contributed by atoms with Crippen LogP contribution in [-0.2, 0) is 26.2 Å². The van der Waals surface area contributed by atoms with Crippen molar-refractivity contribution in [1.82, 2.24) is 10.2 Å². The lowest BCUT2D eigenvalue weighted by Crippen LogP contribution is -2.52. The number of sulfonamides is 1. The number of aryl methyl sites for hydroxylation is 1. The monoisotopic (exact) mass is 603 g/mol. The molecule has 214 valence electrons. The van der Waals surface area contributed by atoms with Crippen molar-refractivity contribution in [1.29, 1.82) is 0 Å². The van der Waals surface area contributed by atoms with Crippen molar-refractivity contribution in [3.05, 3.63) is 94.0 Å². The average Bonchev–Trinajstić information content (AvgIpc) is 2.91. The van der Waals surface area contributed by atoms with E-state index in [0.29, 0.717) is 23.0 Å². The minimum absolute atomic E-state index is 0.0387. The van der Waals surface area contributed by atoms with E-state index in [9.17, 15) is 18.0 Å². The van der Waals surface area contributed by atoms with Crippen LogP contribution < -0.4 is 9.62 Å². The van der Waals surface area contributed by atoms with Gasteiger partial charge in [0.15, 0.2) is 0 Å². The van der Waals surface area contributed by atoms with Gasteiger partial charge in [-0.3, -0.25) is 13.9 Å². The number of carbonyl (C=O) groups is 2. The van der Waals surface area contributed by atoms with Crippen molar-refractivity contribution >= 4 is 50.7 Å². The van der Waals surface area contributed by atoms with Crippen molar-refractivity contribution in [3.8, 4) is 0 Å². The molecule has 1 N–H and O–H groups in total. The van der Waals surface area contributed by atoms with Gasteiger partial charge in [0.2, 0.25) is 11.8 Å². The van der Waals surface area contributed by atoms with Gasteiger partial charge in [0.25, 0.3) is 10.0 Å². The number of benzene rings is 3. The quantitative estimate of drug-likeness (QED) is 0.272. The number of carbonyl (C=O) groups excluding carboxylic acids is 2. The maximum absolute atomic E-state index is 14.0. The molecule has 0 aliphatic heterocycles. The molecule has 0 aliphatic rings. The Morgan fingerprint density at radius 1 is 0.925 bits per heavy atom. The summed E-state index contributed by atoms with van der Waals surface area (Å²) in [6.45, 7) is 7.66. The van der Waals surface area contributed by atoms with E-state index in [0.717, 1.165) is 15.4 Å². The van der Waals surface area contributed by atoms with Crippen molar-refractivity contribution < 1.29 is 18.0 Å². The molecule has 0 bridgehead atoms. The van der Waals surface area contributed by atoms with Crippen LogP contribution >= 0.6 is 23.2 Å². The summed E-state index contributed by atoms with van der Waals surface area (Å²) >= 11 is 12.3. The van der Waals surface area contributed by atoms with E-state index in [4.69, 9.17) is 23.2 Å². The first kappa shape index (κ1) is 31.5. The predicted molar refractivity (Wildman–Crippen MR) is 161 cm³/mol. The zero-order valence-electron chi connectivity index (χ0n) is 23.1.